The molecule has 3 nitrogen and oxygen atoms in total. The topological polar surface area (TPSA) is 41.6 Å². The maximum absolute atomic E-state index is 5.62. The zero-order valence-corrected chi connectivity index (χ0v) is 11.4. The fraction of sp³-hybridized carbons (Fsp3) is 0.364. The first kappa shape index (κ1) is 17.6. The number of halogens is 2. The van der Waals surface area contributed by atoms with Crippen molar-refractivity contribution in [3.63, 3.8) is 0 Å². The van der Waals surface area contributed by atoms with Gasteiger partial charge in [-0.2, -0.15) is 0 Å². The average Bonchev–Trinajstić information content (AvgIpc) is 2.18. The fourth-order valence-electron chi connectivity index (χ4n) is 1.07. The van der Waals surface area contributed by atoms with Crippen LogP contribution in [0.1, 0.15) is 12.5 Å². The highest BCUT2D eigenvalue weighted by atomic mass is 35.5. The number of hydrogen-bond acceptors (Lipinski definition) is 2. The number of rotatable bonds is 2. The molecule has 0 amide bonds. The molecule has 0 radical (unpaired) electrons. The van der Waals surface area contributed by atoms with Crippen molar-refractivity contribution < 1.29 is 0 Å². The van der Waals surface area contributed by atoms with E-state index in [1.807, 2.05) is 50.2 Å². The van der Waals surface area contributed by atoms with E-state index >= 15 is 0 Å². The Morgan fingerprint density at radius 3 is 2.31 bits per heavy atom. The molecule has 16 heavy (non-hydrogen) atoms. The first-order valence-electron chi connectivity index (χ1n) is 4.65. The third-order valence-corrected chi connectivity index (χ3v) is 2.14. The van der Waals surface area contributed by atoms with Gasteiger partial charge in [0.1, 0.15) is 5.84 Å². The van der Waals surface area contributed by atoms with Crippen molar-refractivity contribution in [1.82, 2.24) is 4.90 Å². The molecule has 1 aromatic carbocycles. The summed E-state index contributed by atoms with van der Waals surface area (Å²) < 4.78 is 0. The lowest BCUT2D eigenvalue weighted by atomic mass is 10.2. The Morgan fingerprint density at radius 1 is 1.25 bits per heavy atom. The predicted molar refractivity (Wildman–Crippen MR) is 75.3 cm³/mol. The molecular formula is C11H19Cl2N3. The van der Waals surface area contributed by atoms with Crippen molar-refractivity contribution in [2.45, 2.75) is 13.5 Å². The molecule has 1 rings (SSSR count). The fourth-order valence-corrected chi connectivity index (χ4v) is 1.07. The van der Waals surface area contributed by atoms with Gasteiger partial charge in [0.25, 0.3) is 0 Å². The van der Waals surface area contributed by atoms with Gasteiger partial charge in [-0.05, 0) is 18.6 Å². The predicted octanol–water partition coefficient (Wildman–Crippen LogP) is 2.60. The average molecular weight is 264 g/mol. The minimum atomic E-state index is 0. The van der Waals surface area contributed by atoms with Gasteiger partial charge in [-0.25, -0.2) is 4.99 Å². The maximum Gasteiger partial charge on any atom is 0.101 e. The SMILES string of the molecule is CC(=Nc1ccccc1CN)N(C)C.Cl.Cl. The van der Waals surface area contributed by atoms with Gasteiger partial charge in [0.05, 0.1) is 5.69 Å². The molecule has 0 heterocycles. The Labute approximate surface area is 110 Å². The van der Waals surface area contributed by atoms with E-state index in [0.717, 1.165) is 17.1 Å². The molecule has 5 heteroatoms. The normalized spacial score (nSPS) is 10.1. The molecule has 0 fully saturated rings. The second-order valence-corrected chi connectivity index (χ2v) is 3.39. The lowest BCUT2D eigenvalue weighted by Crippen LogP contribution is -2.18. The van der Waals surface area contributed by atoms with E-state index in [2.05, 4.69) is 4.99 Å². The van der Waals surface area contributed by atoms with Gasteiger partial charge in [-0.15, -0.1) is 24.8 Å². The number of benzene rings is 1. The van der Waals surface area contributed by atoms with Gasteiger partial charge in [-0.3, -0.25) is 0 Å². The van der Waals surface area contributed by atoms with Crippen LogP contribution in [-0.4, -0.2) is 24.8 Å². The summed E-state index contributed by atoms with van der Waals surface area (Å²) in [6, 6.07) is 7.93. The Kier molecular flexibility index (Phi) is 9.24. The van der Waals surface area contributed by atoms with Crippen LogP contribution in [0.5, 0.6) is 0 Å². The first-order chi connectivity index (χ1) is 6.65. The zero-order chi connectivity index (χ0) is 10.6. The minimum Gasteiger partial charge on any atom is -0.366 e. The highest BCUT2D eigenvalue weighted by Crippen LogP contribution is 2.18. The molecule has 0 aliphatic heterocycles. The number of hydrogen-bond donors (Lipinski definition) is 1. The lowest BCUT2D eigenvalue weighted by molar-refractivity contribution is 0.618. The van der Waals surface area contributed by atoms with Crippen LogP contribution < -0.4 is 5.73 Å². The van der Waals surface area contributed by atoms with Crippen molar-refractivity contribution in [2.75, 3.05) is 14.1 Å². The lowest BCUT2D eigenvalue weighted by Gasteiger charge is -2.12. The Bertz CT molecular complexity index is 338. The van der Waals surface area contributed by atoms with E-state index in [4.69, 9.17) is 5.73 Å². The number of nitrogens with zero attached hydrogens (tertiary/aromatic N) is 2. The third kappa shape index (κ3) is 4.84. The summed E-state index contributed by atoms with van der Waals surface area (Å²) in [7, 11) is 3.95. The van der Waals surface area contributed by atoms with Crippen molar-refractivity contribution >= 4 is 36.3 Å². The minimum absolute atomic E-state index is 0. The summed E-state index contributed by atoms with van der Waals surface area (Å²) in [5, 5.41) is 0. The molecule has 0 aliphatic rings. The van der Waals surface area contributed by atoms with Crippen LogP contribution >= 0.6 is 24.8 Å². The molecule has 2 N–H and O–H groups in total. The second kappa shape index (κ2) is 8.39. The number of aliphatic imine (C=N–C) groups is 1. The van der Waals surface area contributed by atoms with Crippen LogP contribution in [0.3, 0.4) is 0 Å². The van der Waals surface area contributed by atoms with Crippen LogP contribution in [0, 0.1) is 0 Å². The Balaban J connectivity index is 0. The smallest absolute Gasteiger partial charge is 0.101 e. The summed E-state index contributed by atoms with van der Waals surface area (Å²) in [6.45, 7) is 2.51. The monoisotopic (exact) mass is 263 g/mol. The van der Waals surface area contributed by atoms with Gasteiger partial charge in [-0.1, -0.05) is 18.2 Å². The third-order valence-electron chi connectivity index (χ3n) is 2.14. The Hall–Kier alpha value is -0.770. The summed E-state index contributed by atoms with van der Waals surface area (Å²) in [6.07, 6.45) is 0. The molecule has 92 valence electrons. The van der Waals surface area contributed by atoms with Crippen LogP contribution in [0.4, 0.5) is 5.69 Å². The second-order valence-electron chi connectivity index (χ2n) is 3.39. The summed E-state index contributed by atoms with van der Waals surface area (Å²) in [4.78, 5) is 6.47. The first-order valence-corrected chi connectivity index (χ1v) is 4.65. The van der Waals surface area contributed by atoms with E-state index in [1.165, 1.54) is 0 Å². The molecular weight excluding hydrogens is 245 g/mol. The van der Waals surface area contributed by atoms with Gasteiger partial charge < -0.3 is 10.6 Å². The number of amidine groups is 1. The number of para-hydroxylation sites is 1. The van der Waals surface area contributed by atoms with Crippen molar-refractivity contribution in [3.05, 3.63) is 29.8 Å². The maximum atomic E-state index is 5.62. The Morgan fingerprint density at radius 2 is 1.81 bits per heavy atom. The summed E-state index contributed by atoms with van der Waals surface area (Å²) in [5.41, 5.74) is 7.66. The van der Waals surface area contributed by atoms with E-state index in [9.17, 15) is 0 Å². The molecule has 0 saturated carbocycles. The largest absolute Gasteiger partial charge is 0.366 e. The molecule has 0 atom stereocenters. The van der Waals surface area contributed by atoms with Crippen molar-refractivity contribution in [3.8, 4) is 0 Å². The molecule has 0 unspecified atom stereocenters. The van der Waals surface area contributed by atoms with E-state index in [1.54, 1.807) is 0 Å². The van der Waals surface area contributed by atoms with Crippen LogP contribution in [-0.2, 0) is 6.54 Å². The molecule has 0 bridgehead atoms. The van der Waals surface area contributed by atoms with Gasteiger partial charge in [0, 0.05) is 20.6 Å². The van der Waals surface area contributed by atoms with Crippen molar-refractivity contribution in [2.24, 2.45) is 10.7 Å². The molecule has 1 aromatic rings. The zero-order valence-electron chi connectivity index (χ0n) is 9.80. The van der Waals surface area contributed by atoms with Crippen molar-refractivity contribution in [1.29, 1.82) is 0 Å². The summed E-state index contributed by atoms with van der Waals surface area (Å²) in [5.74, 6) is 0.978. The highest BCUT2D eigenvalue weighted by Gasteiger charge is 1.99. The van der Waals surface area contributed by atoms with Crippen LogP contribution in [0.15, 0.2) is 29.3 Å². The molecule has 0 aliphatic carbocycles. The van der Waals surface area contributed by atoms with E-state index < -0.39 is 0 Å². The molecule has 0 saturated heterocycles. The molecule has 0 spiro atoms. The van der Waals surface area contributed by atoms with E-state index in [-0.39, 0.29) is 24.8 Å². The van der Waals surface area contributed by atoms with Gasteiger partial charge >= 0.3 is 0 Å². The van der Waals surface area contributed by atoms with Crippen LogP contribution in [0.2, 0.25) is 0 Å². The molecule has 0 aromatic heterocycles. The van der Waals surface area contributed by atoms with Gasteiger partial charge in [0.15, 0.2) is 0 Å². The van der Waals surface area contributed by atoms with E-state index in [0.29, 0.717) is 6.54 Å². The van der Waals surface area contributed by atoms with Crippen LogP contribution in [0.25, 0.3) is 0 Å². The standard InChI is InChI=1S/C11H17N3.2ClH/c1-9(14(2)3)13-11-7-5-4-6-10(11)8-12;;/h4-7H,8,12H2,1-3H3;2*1H. The quantitative estimate of drug-likeness (QED) is 0.659. The van der Waals surface area contributed by atoms with Gasteiger partial charge in [0.2, 0.25) is 0 Å². The number of nitrogens with two attached hydrogens (primary N) is 1. The summed E-state index contributed by atoms with van der Waals surface area (Å²) >= 11 is 0. The highest BCUT2D eigenvalue weighted by molar-refractivity contribution is 5.85.